The van der Waals surface area contributed by atoms with Crippen LogP contribution in [0.4, 0.5) is 13.2 Å². The second kappa shape index (κ2) is 11.9. The number of hydrogen-bond acceptors (Lipinski definition) is 1. The maximum Gasteiger partial charge on any atom is 0.417 e. The minimum absolute atomic E-state index is 0.0581. The quantitative estimate of drug-likeness (QED) is 0.282. The molecule has 0 heterocycles. The number of nitrogens with one attached hydrogen (secondary N) is 1. The van der Waals surface area contributed by atoms with Crippen molar-refractivity contribution >= 4 is 45.9 Å². The van der Waals surface area contributed by atoms with Gasteiger partial charge in [0.1, 0.15) is 0 Å². The van der Waals surface area contributed by atoms with Gasteiger partial charge in [-0.25, -0.2) is 0 Å². The molecule has 0 saturated carbocycles. The van der Waals surface area contributed by atoms with E-state index in [0.29, 0.717) is 5.56 Å². The van der Waals surface area contributed by atoms with Crippen LogP contribution in [0.5, 0.6) is 0 Å². The molecule has 0 amide bonds. The van der Waals surface area contributed by atoms with Gasteiger partial charge in [0.15, 0.2) is 0 Å². The molecule has 35 heavy (non-hydrogen) atoms. The number of rotatable bonds is 6. The summed E-state index contributed by atoms with van der Waals surface area (Å²) >= 11 is 16.5. The molecule has 1 unspecified atom stereocenters. The first-order chi connectivity index (χ1) is 16.2. The van der Waals surface area contributed by atoms with E-state index in [1.807, 2.05) is 18.2 Å². The van der Waals surface area contributed by atoms with Crippen molar-refractivity contribution in [1.82, 2.24) is 5.32 Å². The lowest BCUT2D eigenvalue weighted by molar-refractivity contribution is -0.0688. The van der Waals surface area contributed by atoms with Gasteiger partial charge in [-0.1, -0.05) is 75.3 Å². The van der Waals surface area contributed by atoms with Gasteiger partial charge < -0.3 is 5.32 Å². The molecule has 2 aromatic rings. The number of hydrogen-bond donors (Lipinski definition) is 1. The smallest absolute Gasteiger partial charge is 0.382 e. The van der Waals surface area contributed by atoms with Gasteiger partial charge >= 0.3 is 6.18 Å². The Balaban J connectivity index is 0.00000210. The van der Waals surface area contributed by atoms with Crippen molar-refractivity contribution in [3.8, 4) is 0 Å². The van der Waals surface area contributed by atoms with Gasteiger partial charge in [0, 0.05) is 12.1 Å². The number of alkyl halides is 4. The molecule has 0 spiro atoms. The van der Waals surface area contributed by atoms with Gasteiger partial charge in [-0.05, 0) is 76.8 Å². The molecule has 0 fully saturated rings. The van der Waals surface area contributed by atoms with E-state index in [4.69, 9.17) is 23.2 Å². The van der Waals surface area contributed by atoms with Crippen LogP contribution >= 0.6 is 34.8 Å². The molecular formula is C28H31Cl3F3N. The average molecular weight is 545 g/mol. The highest BCUT2D eigenvalue weighted by Crippen LogP contribution is 2.39. The van der Waals surface area contributed by atoms with Crippen molar-refractivity contribution in [2.75, 3.05) is 6.38 Å². The average Bonchev–Trinajstić information content (AvgIpc) is 3.15. The van der Waals surface area contributed by atoms with Gasteiger partial charge in [-0.2, -0.15) is 13.2 Å². The minimum Gasteiger partial charge on any atom is -0.382 e. The fourth-order valence-electron chi connectivity index (χ4n) is 4.14. The molecule has 0 aliphatic heterocycles. The Morgan fingerprint density at radius 1 is 1.00 bits per heavy atom. The first kappa shape index (κ1) is 29.4. The second-order valence-corrected chi connectivity index (χ2v) is 10.5. The lowest BCUT2D eigenvalue weighted by atomic mass is 9.90. The standard InChI is InChI=1S/C27H28Cl2F3N.CH3Cl/c1-16(12-22(27(30,31)32)20-8-10-23(28)24(29)14-20)19-7-6-18-9-11-25(21(18)13-19)33-17(2)15-26(3,4)5;1-2/h6-8,10,12-14,25,33H,1-2,9,11,15H2,3-5H3;1H3/b22-12+;. The van der Waals surface area contributed by atoms with Crippen molar-refractivity contribution in [2.45, 2.75) is 52.3 Å². The topological polar surface area (TPSA) is 12.0 Å². The molecule has 7 heteroatoms. The second-order valence-electron chi connectivity index (χ2n) is 9.70. The van der Waals surface area contributed by atoms with Gasteiger partial charge in [0.25, 0.3) is 0 Å². The van der Waals surface area contributed by atoms with Crippen molar-refractivity contribution < 1.29 is 13.2 Å². The molecule has 1 N–H and O–H groups in total. The summed E-state index contributed by atoms with van der Waals surface area (Å²) in [5.74, 6) is 0. The molecule has 1 aliphatic carbocycles. The maximum absolute atomic E-state index is 13.9. The Kier molecular flexibility index (Phi) is 9.98. The highest BCUT2D eigenvalue weighted by molar-refractivity contribution is 6.42. The molecule has 2 aromatic carbocycles. The van der Waals surface area contributed by atoms with Crippen LogP contribution in [-0.2, 0) is 6.42 Å². The van der Waals surface area contributed by atoms with Crippen LogP contribution in [0.1, 0.15) is 61.9 Å². The van der Waals surface area contributed by atoms with Crippen LogP contribution in [0.3, 0.4) is 0 Å². The summed E-state index contributed by atoms with van der Waals surface area (Å²) in [5, 5.41) is 3.78. The van der Waals surface area contributed by atoms with Crippen LogP contribution in [0, 0.1) is 5.41 Å². The van der Waals surface area contributed by atoms with Crippen LogP contribution in [0.2, 0.25) is 10.0 Å². The van der Waals surface area contributed by atoms with E-state index >= 15 is 0 Å². The highest BCUT2D eigenvalue weighted by Gasteiger charge is 2.35. The summed E-state index contributed by atoms with van der Waals surface area (Å²) in [7, 11) is 0. The van der Waals surface area contributed by atoms with Crippen molar-refractivity contribution in [3.05, 3.63) is 93.6 Å². The molecule has 1 aliphatic rings. The fourth-order valence-corrected chi connectivity index (χ4v) is 4.44. The summed E-state index contributed by atoms with van der Waals surface area (Å²) < 4.78 is 41.6. The Labute approximate surface area is 221 Å². The lowest BCUT2D eigenvalue weighted by Crippen LogP contribution is -2.21. The first-order valence-electron chi connectivity index (χ1n) is 11.1. The monoisotopic (exact) mass is 543 g/mol. The third-order valence-corrected chi connectivity index (χ3v) is 6.31. The Bertz CT molecular complexity index is 1110. The summed E-state index contributed by atoms with van der Waals surface area (Å²) in [4.78, 5) is 0. The molecule has 3 rings (SSSR count). The van der Waals surface area contributed by atoms with Crippen LogP contribution in [-0.4, -0.2) is 12.6 Å². The molecule has 0 radical (unpaired) electrons. The number of fused-ring (bicyclic) bond motifs is 1. The van der Waals surface area contributed by atoms with Gasteiger partial charge in [0.05, 0.1) is 21.7 Å². The summed E-state index contributed by atoms with van der Waals surface area (Å²) in [6.45, 7) is 14.6. The molecule has 1 atom stereocenters. The third-order valence-electron chi connectivity index (χ3n) is 5.57. The minimum atomic E-state index is -4.58. The lowest BCUT2D eigenvalue weighted by Gasteiger charge is -2.24. The molecule has 0 aromatic heterocycles. The molecular weight excluding hydrogens is 514 g/mol. The fraction of sp³-hybridized carbons (Fsp3) is 0.357. The molecule has 1 nitrogen and oxygen atoms in total. The van der Waals surface area contributed by atoms with Gasteiger partial charge in [0.2, 0.25) is 0 Å². The van der Waals surface area contributed by atoms with E-state index in [-0.39, 0.29) is 32.6 Å². The van der Waals surface area contributed by atoms with Gasteiger partial charge in [-0.3, -0.25) is 0 Å². The third kappa shape index (κ3) is 8.06. The number of benzene rings is 2. The van der Waals surface area contributed by atoms with Crippen LogP contribution in [0.25, 0.3) is 11.1 Å². The van der Waals surface area contributed by atoms with E-state index in [2.05, 4.69) is 50.8 Å². The normalized spacial score (nSPS) is 15.7. The zero-order valence-corrected chi connectivity index (χ0v) is 22.7. The Morgan fingerprint density at radius 2 is 1.63 bits per heavy atom. The van der Waals surface area contributed by atoms with Crippen LogP contribution in [0.15, 0.2) is 61.3 Å². The van der Waals surface area contributed by atoms with Crippen molar-refractivity contribution in [1.29, 1.82) is 0 Å². The van der Waals surface area contributed by atoms with E-state index in [0.717, 1.165) is 36.6 Å². The predicted octanol–water partition coefficient (Wildman–Crippen LogP) is 10.0. The number of aryl methyl sites for hydroxylation is 1. The predicted molar refractivity (Wildman–Crippen MR) is 145 cm³/mol. The van der Waals surface area contributed by atoms with Crippen LogP contribution < -0.4 is 5.32 Å². The molecule has 0 bridgehead atoms. The molecule has 0 saturated heterocycles. The van der Waals surface area contributed by atoms with Gasteiger partial charge in [-0.15, -0.1) is 11.6 Å². The van der Waals surface area contributed by atoms with E-state index in [9.17, 15) is 13.2 Å². The Hall–Kier alpha value is -1.88. The number of allylic oxidation sites excluding steroid dienone is 4. The van der Waals surface area contributed by atoms with Crippen molar-refractivity contribution in [3.63, 3.8) is 0 Å². The van der Waals surface area contributed by atoms with Crippen molar-refractivity contribution in [2.24, 2.45) is 5.41 Å². The maximum atomic E-state index is 13.9. The largest absolute Gasteiger partial charge is 0.417 e. The van der Waals surface area contributed by atoms with E-state index in [1.165, 1.54) is 30.1 Å². The summed E-state index contributed by atoms with van der Waals surface area (Å²) in [6.07, 6.45) is 0.631. The SMILES string of the molecule is C=C(CC(C)(C)C)NC1CCc2ccc(C(=C)/C=C(\c3ccc(Cl)c(Cl)c3)C(F)(F)F)cc21.CCl. The molecule has 190 valence electrons. The first-order valence-corrected chi connectivity index (χ1v) is 12.6. The zero-order valence-electron chi connectivity index (χ0n) is 20.4. The summed E-state index contributed by atoms with van der Waals surface area (Å²) in [5.41, 5.74) is 3.39. The zero-order chi connectivity index (χ0) is 26.6. The number of halogens is 6. The van der Waals surface area contributed by atoms with E-state index < -0.39 is 11.7 Å². The highest BCUT2D eigenvalue weighted by atomic mass is 35.5. The van der Waals surface area contributed by atoms with E-state index in [1.54, 1.807) is 0 Å². The summed E-state index contributed by atoms with van der Waals surface area (Å²) in [6, 6.07) is 9.72. The Morgan fingerprint density at radius 3 is 2.20 bits per heavy atom.